The van der Waals surface area contributed by atoms with E-state index in [1.165, 1.54) is 0 Å². The number of Topliss-reactive ketones (excluding diaryl/α,β-unsaturated/α-hetero) is 1. The molecule has 0 aromatic heterocycles. The summed E-state index contributed by atoms with van der Waals surface area (Å²) >= 11 is 0. The highest BCUT2D eigenvalue weighted by molar-refractivity contribution is 5.93. The molecule has 0 aromatic rings. The number of carbonyl (C=O) groups is 1. The molecule has 0 aromatic carbocycles. The Bertz CT molecular complexity index is 416. The predicted molar refractivity (Wildman–Crippen MR) is 54.8 cm³/mol. The van der Waals surface area contributed by atoms with Crippen molar-refractivity contribution in [2.45, 2.75) is 31.8 Å². The van der Waals surface area contributed by atoms with Crippen molar-refractivity contribution in [3.05, 3.63) is 23.8 Å². The molecular weight excluding hydrogens is 190 g/mol. The van der Waals surface area contributed by atoms with Crippen LogP contribution in [0.15, 0.2) is 23.8 Å². The fourth-order valence-electron chi connectivity index (χ4n) is 2.43. The monoisotopic (exact) mass is 203 g/mol. The minimum absolute atomic E-state index is 0.0951. The number of fused-ring (bicyclic) bond motifs is 1. The summed E-state index contributed by atoms with van der Waals surface area (Å²) in [4.78, 5) is 11.8. The van der Waals surface area contributed by atoms with Crippen molar-refractivity contribution in [3.8, 4) is 6.07 Å². The highest BCUT2D eigenvalue weighted by Crippen LogP contribution is 2.47. The molecule has 2 aliphatic carbocycles. The highest BCUT2D eigenvalue weighted by atomic mass is 16.3. The molecule has 3 heteroatoms. The molecule has 2 rings (SSSR count). The average molecular weight is 203 g/mol. The van der Waals surface area contributed by atoms with Gasteiger partial charge in [-0.3, -0.25) is 4.79 Å². The van der Waals surface area contributed by atoms with Gasteiger partial charge in [0.2, 0.25) is 0 Å². The lowest BCUT2D eigenvalue weighted by atomic mass is 9.73. The lowest BCUT2D eigenvalue weighted by molar-refractivity contribution is -0.124. The molecule has 2 atom stereocenters. The maximum absolute atomic E-state index is 11.8. The van der Waals surface area contributed by atoms with Crippen LogP contribution in [0.25, 0.3) is 0 Å². The first-order valence-corrected chi connectivity index (χ1v) is 5.06. The van der Waals surface area contributed by atoms with Crippen molar-refractivity contribution in [2.75, 3.05) is 0 Å². The van der Waals surface area contributed by atoms with E-state index < -0.39 is 11.0 Å². The van der Waals surface area contributed by atoms with Crippen LogP contribution < -0.4 is 0 Å². The highest BCUT2D eigenvalue weighted by Gasteiger charge is 2.49. The Morgan fingerprint density at radius 2 is 2.13 bits per heavy atom. The molecule has 0 spiro atoms. The fourth-order valence-corrected chi connectivity index (χ4v) is 2.43. The van der Waals surface area contributed by atoms with E-state index in [0.29, 0.717) is 18.4 Å². The first-order chi connectivity index (χ1) is 7.03. The number of nitriles is 1. The molecule has 1 N–H and O–H groups in total. The Morgan fingerprint density at radius 1 is 1.47 bits per heavy atom. The molecule has 0 fully saturated rings. The van der Waals surface area contributed by atoms with E-state index in [9.17, 15) is 9.90 Å². The number of hydrogen-bond donors (Lipinski definition) is 1. The number of ketones is 1. The van der Waals surface area contributed by atoms with Crippen LogP contribution in [0, 0.1) is 16.7 Å². The molecule has 78 valence electrons. The molecule has 0 saturated carbocycles. The van der Waals surface area contributed by atoms with E-state index >= 15 is 0 Å². The van der Waals surface area contributed by atoms with Crippen LogP contribution in [0.5, 0.6) is 0 Å². The fraction of sp³-hybridized carbons (Fsp3) is 0.500. The zero-order valence-corrected chi connectivity index (χ0v) is 8.66. The third-order valence-corrected chi connectivity index (χ3v) is 3.44. The van der Waals surface area contributed by atoms with Crippen LogP contribution in [-0.2, 0) is 4.79 Å². The molecular formula is C12H13NO2. The number of hydrogen-bond acceptors (Lipinski definition) is 3. The van der Waals surface area contributed by atoms with E-state index in [0.717, 1.165) is 0 Å². The molecule has 0 amide bonds. The summed E-state index contributed by atoms with van der Waals surface area (Å²) in [6.45, 7) is 1.81. The summed E-state index contributed by atoms with van der Waals surface area (Å²) in [6.07, 6.45) is 6.58. The Morgan fingerprint density at radius 3 is 2.80 bits per heavy atom. The van der Waals surface area contributed by atoms with Crippen LogP contribution in [0.3, 0.4) is 0 Å². The third kappa shape index (κ3) is 1.25. The Hall–Kier alpha value is -1.40. The summed E-state index contributed by atoms with van der Waals surface area (Å²) in [5, 5.41) is 19.2. The number of nitrogens with zero attached hydrogens (tertiary/aromatic N) is 1. The normalized spacial score (nSPS) is 39.3. The molecule has 15 heavy (non-hydrogen) atoms. The minimum Gasteiger partial charge on any atom is -0.371 e. The maximum Gasteiger partial charge on any atom is 0.177 e. The lowest BCUT2D eigenvalue weighted by Gasteiger charge is -2.30. The van der Waals surface area contributed by atoms with Crippen LogP contribution in [0.2, 0.25) is 0 Å². The molecule has 0 saturated heterocycles. The van der Waals surface area contributed by atoms with Crippen molar-refractivity contribution in [3.63, 3.8) is 0 Å². The predicted octanol–water partition coefficient (Wildman–Crippen LogP) is 1.50. The third-order valence-electron chi connectivity index (χ3n) is 3.44. The van der Waals surface area contributed by atoms with E-state index in [1.807, 2.05) is 19.1 Å². The van der Waals surface area contributed by atoms with E-state index in [4.69, 9.17) is 5.26 Å². The van der Waals surface area contributed by atoms with Gasteiger partial charge in [-0.2, -0.15) is 5.26 Å². The van der Waals surface area contributed by atoms with Crippen LogP contribution in [-0.4, -0.2) is 16.5 Å². The van der Waals surface area contributed by atoms with Gasteiger partial charge in [-0.05, 0) is 18.9 Å². The van der Waals surface area contributed by atoms with Gasteiger partial charge >= 0.3 is 0 Å². The molecule has 2 unspecified atom stereocenters. The van der Waals surface area contributed by atoms with E-state index in [1.54, 1.807) is 12.2 Å². The second kappa shape index (κ2) is 3.04. The van der Waals surface area contributed by atoms with Gasteiger partial charge < -0.3 is 5.11 Å². The second-order valence-electron chi connectivity index (χ2n) is 4.43. The standard InChI is InChI=1S/C12H13NO2/c1-11-6-2-3-7-12(15,8-13)9(11)4-5-10(11)14/h2-4,15H,5-7H2,1H3. The Kier molecular flexibility index (Phi) is 2.06. The smallest absolute Gasteiger partial charge is 0.177 e. The van der Waals surface area contributed by atoms with Gasteiger partial charge in [-0.15, -0.1) is 0 Å². The lowest BCUT2D eigenvalue weighted by Crippen LogP contribution is -2.37. The molecule has 2 aliphatic rings. The van der Waals surface area contributed by atoms with E-state index in [2.05, 4.69) is 0 Å². The summed E-state index contributed by atoms with van der Waals surface area (Å²) in [7, 11) is 0. The Labute approximate surface area is 88.7 Å². The zero-order valence-electron chi connectivity index (χ0n) is 8.66. The summed E-state index contributed by atoms with van der Waals surface area (Å²) in [5.41, 5.74) is -1.57. The van der Waals surface area contributed by atoms with Crippen molar-refractivity contribution in [1.82, 2.24) is 0 Å². The second-order valence-corrected chi connectivity index (χ2v) is 4.43. The first kappa shape index (κ1) is 10.1. The molecule has 0 aliphatic heterocycles. The zero-order chi connectivity index (χ0) is 11.1. The van der Waals surface area contributed by atoms with Crippen molar-refractivity contribution < 1.29 is 9.90 Å². The number of allylic oxidation sites excluding steroid dienone is 2. The number of rotatable bonds is 0. The van der Waals surface area contributed by atoms with Crippen molar-refractivity contribution in [2.24, 2.45) is 5.41 Å². The van der Waals surface area contributed by atoms with Gasteiger partial charge in [0.05, 0.1) is 5.41 Å². The van der Waals surface area contributed by atoms with Crippen LogP contribution >= 0.6 is 0 Å². The van der Waals surface area contributed by atoms with Gasteiger partial charge in [0.25, 0.3) is 0 Å². The maximum atomic E-state index is 11.8. The number of carbonyl (C=O) groups excluding carboxylic acids is 1. The summed E-state index contributed by atoms with van der Waals surface area (Å²) in [6, 6.07) is 1.92. The molecule has 0 bridgehead atoms. The molecule has 3 nitrogen and oxygen atoms in total. The topological polar surface area (TPSA) is 61.1 Å². The van der Waals surface area contributed by atoms with Gasteiger partial charge in [-0.1, -0.05) is 18.2 Å². The average Bonchev–Trinajstić information content (AvgIpc) is 2.43. The van der Waals surface area contributed by atoms with Gasteiger partial charge in [0.15, 0.2) is 5.60 Å². The minimum atomic E-state index is -1.49. The van der Waals surface area contributed by atoms with Gasteiger partial charge in [0.1, 0.15) is 11.9 Å². The quantitative estimate of drug-likeness (QED) is 0.479. The first-order valence-electron chi connectivity index (χ1n) is 5.06. The van der Waals surface area contributed by atoms with Crippen molar-refractivity contribution in [1.29, 1.82) is 5.26 Å². The largest absolute Gasteiger partial charge is 0.371 e. The number of aliphatic hydroxyl groups is 1. The van der Waals surface area contributed by atoms with E-state index in [-0.39, 0.29) is 12.2 Å². The van der Waals surface area contributed by atoms with Gasteiger partial charge in [0, 0.05) is 12.8 Å². The van der Waals surface area contributed by atoms with Crippen molar-refractivity contribution >= 4 is 5.78 Å². The Balaban J connectivity index is 2.54. The van der Waals surface area contributed by atoms with Gasteiger partial charge in [-0.25, -0.2) is 0 Å². The SMILES string of the molecule is CC12CC=CCC(O)(C#N)C1=CCC2=O. The molecule has 0 heterocycles. The summed E-state index contributed by atoms with van der Waals surface area (Å²) < 4.78 is 0. The van der Waals surface area contributed by atoms with Crippen LogP contribution in [0.1, 0.15) is 26.2 Å². The molecule has 0 radical (unpaired) electrons. The van der Waals surface area contributed by atoms with Crippen LogP contribution in [0.4, 0.5) is 0 Å². The summed E-state index contributed by atoms with van der Waals surface area (Å²) in [5.74, 6) is 0.0951.